The summed E-state index contributed by atoms with van der Waals surface area (Å²) in [7, 11) is 0. The fraction of sp³-hybridized carbons (Fsp3) is 0.700. The molecule has 0 spiro atoms. The molecule has 0 saturated carbocycles. The number of hydrogen-bond acceptors (Lipinski definition) is 5. The summed E-state index contributed by atoms with van der Waals surface area (Å²) < 4.78 is 5.32. The lowest BCUT2D eigenvalue weighted by molar-refractivity contribution is -0.130. The van der Waals surface area contributed by atoms with E-state index >= 15 is 0 Å². The van der Waals surface area contributed by atoms with Gasteiger partial charge in [0.15, 0.2) is 0 Å². The van der Waals surface area contributed by atoms with Crippen molar-refractivity contribution in [1.82, 2.24) is 20.0 Å². The van der Waals surface area contributed by atoms with Crippen LogP contribution in [0.5, 0.6) is 0 Å². The third-order valence-corrected chi connectivity index (χ3v) is 2.74. The van der Waals surface area contributed by atoms with Gasteiger partial charge in [0.25, 0.3) is 0 Å². The summed E-state index contributed by atoms with van der Waals surface area (Å²) in [6, 6.07) is 0. The van der Waals surface area contributed by atoms with Crippen LogP contribution in [-0.4, -0.2) is 52.1 Å². The van der Waals surface area contributed by atoms with Gasteiger partial charge in [0.1, 0.15) is 0 Å². The molecule has 0 radical (unpaired) electrons. The van der Waals surface area contributed by atoms with E-state index < -0.39 is 0 Å². The highest BCUT2D eigenvalue weighted by molar-refractivity contribution is 5.73. The molecule has 2 heterocycles. The Morgan fingerprint density at radius 1 is 1.31 bits per heavy atom. The normalized spacial score (nSPS) is 17.8. The van der Waals surface area contributed by atoms with E-state index in [2.05, 4.69) is 15.1 Å². The maximum atomic E-state index is 11.1. The van der Waals surface area contributed by atoms with Crippen molar-refractivity contribution in [3.05, 3.63) is 11.8 Å². The fourth-order valence-electron chi connectivity index (χ4n) is 1.81. The number of aromatic nitrogens is 2. The second-order valence-corrected chi connectivity index (χ2v) is 4.00. The van der Waals surface area contributed by atoms with Crippen molar-refractivity contribution < 1.29 is 9.21 Å². The zero-order chi connectivity index (χ0) is 11.5. The lowest BCUT2D eigenvalue weighted by Crippen LogP contribution is -2.47. The van der Waals surface area contributed by atoms with Gasteiger partial charge in [-0.3, -0.25) is 9.69 Å². The molecule has 16 heavy (non-hydrogen) atoms. The molecule has 6 heteroatoms. The minimum Gasteiger partial charge on any atom is -0.424 e. The van der Waals surface area contributed by atoms with E-state index in [0.717, 1.165) is 26.2 Å². The monoisotopic (exact) mass is 224 g/mol. The molecule has 1 aliphatic rings. The predicted octanol–water partition coefficient (Wildman–Crippen LogP) is 0.0421. The summed E-state index contributed by atoms with van der Waals surface area (Å²) in [6.45, 7) is 7.35. The molecule has 0 atom stereocenters. The Morgan fingerprint density at radius 3 is 2.50 bits per heavy atom. The van der Waals surface area contributed by atoms with Gasteiger partial charge in [-0.25, -0.2) is 0 Å². The Bertz CT molecular complexity index is 369. The Morgan fingerprint density at radius 2 is 2.00 bits per heavy atom. The van der Waals surface area contributed by atoms with Crippen molar-refractivity contribution in [2.45, 2.75) is 20.4 Å². The molecule has 6 nitrogen and oxygen atoms in total. The van der Waals surface area contributed by atoms with Crippen LogP contribution in [0.1, 0.15) is 18.7 Å². The zero-order valence-corrected chi connectivity index (χ0v) is 9.64. The van der Waals surface area contributed by atoms with E-state index in [1.807, 2.05) is 4.90 Å². The summed E-state index contributed by atoms with van der Waals surface area (Å²) in [5, 5.41) is 7.74. The predicted molar refractivity (Wildman–Crippen MR) is 56.6 cm³/mol. The summed E-state index contributed by atoms with van der Waals surface area (Å²) in [6.07, 6.45) is 0. The van der Waals surface area contributed by atoms with E-state index in [4.69, 9.17) is 4.42 Å². The van der Waals surface area contributed by atoms with E-state index in [1.165, 1.54) is 0 Å². The highest BCUT2D eigenvalue weighted by Gasteiger charge is 2.19. The van der Waals surface area contributed by atoms with Gasteiger partial charge in [-0.2, -0.15) is 0 Å². The van der Waals surface area contributed by atoms with Gasteiger partial charge in [-0.15, -0.1) is 10.2 Å². The molecular formula is C10H16N4O2. The van der Waals surface area contributed by atoms with Gasteiger partial charge in [0.05, 0.1) is 6.54 Å². The SMILES string of the molecule is CC(=O)N1CCN(Cc2nnc(C)o2)CC1. The second-order valence-electron chi connectivity index (χ2n) is 4.00. The van der Waals surface area contributed by atoms with Gasteiger partial charge in [-0.05, 0) is 0 Å². The third kappa shape index (κ3) is 2.57. The molecule has 1 aromatic rings. The molecule has 0 aromatic carbocycles. The van der Waals surface area contributed by atoms with Crippen LogP contribution in [0.4, 0.5) is 0 Å². The molecule has 0 N–H and O–H groups in total. The number of carbonyl (C=O) groups is 1. The minimum atomic E-state index is 0.147. The number of nitrogens with zero attached hydrogens (tertiary/aromatic N) is 4. The summed E-state index contributed by atoms with van der Waals surface area (Å²) in [4.78, 5) is 15.2. The van der Waals surface area contributed by atoms with Gasteiger partial charge in [0.2, 0.25) is 17.7 Å². The third-order valence-electron chi connectivity index (χ3n) is 2.74. The average molecular weight is 224 g/mol. The van der Waals surface area contributed by atoms with Crippen LogP contribution in [0.2, 0.25) is 0 Å². The van der Waals surface area contributed by atoms with Gasteiger partial charge >= 0.3 is 0 Å². The molecule has 1 amide bonds. The first-order valence-electron chi connectivity index (χ1n) is 5.42. The largest absolute Gasteiger partial charge is 0.424 e. The number of rotatable bonds is 2. The fourth-order valence-corrected chi connectivity index (χ4v) is 1.81. The molecular weight excluding hydrogens is 208 g/mol. The quantitative estimate of drug-likeness (QED) is 0.710. The molecule has 88 valence electrons. The standard InChI is InChI=1S/C10H16N4O2/c1-8-11-12-10(16-8)7-13-3-5-14(6-4-13)9(2)15/h3-7H2,1-2H3. The van der Waals surface area contributed by atoms with Crippen LogP contribution in [0.3, 0.4) is 0 Å². The summed E-state index contributed by atoms with van der Waals surface area (Å²) in [5.74, 6) is 1.39. The first-order valence-corrected chi connectivity index (χ1v) is 5.42. The van der Waals surface area contributed by atoms with E-state index in [-0.39, 0.29) is 5.91 Å². The Labute approximate surface area is 94.2 Å². The van der Waals surface area contributed by atoms with Gasteiger partial charge in [0, 0.05) is 40.0 Å². The first-order chi connectivity index (χ1) is 7.65. The highest BCUT2D eigenvalue weighted by Crippen LogP contribution is 2.07. The molecule has 1 fully saturated rings. The van der Waals surface area contributed by atoms with Crippen molar-refractivity contribution in [3.8, 4) is 0 Å². The van der Waals surface area contributed by atoms with Crippen LogP contribution >= 0.6 is 0 Å². The Hall–Kier alpha value is -1.43. The van der Waals surface area contributed by atoms with Crippen molar-refractivity contribution >= 4 is 5.91 Å². The maximum Gasteiger partial charge on any atom is 0.230 e. The summed E-state index contributed by atoms with van der Waals surface area (Å²) in [5.41, 5.74) is 0. The minimum absolute atomic E-state index is 0.147. The topological polar surface area (TPSA) is 62.5 Å². The lowest BCUT2D eigenvalue weighted by atomic mass is 10.3. The maximum absolute atomic E-state index is 11.1. The van der Waals surface area contributed by atoms with Crippen LogP contribution in [0.15, 0.2) is 4.42 Å². The van der Waals surface area contributed by atoms with Crippen LogP contribution < -0.4 is 0 Å². The Balaban J connectivity index is 1.83. The van der Waals surface area contributed by atoms with E-state index in [1.54, 1.807) is 13.8 Å². The first kappa shape index (κ1) is 11.1. The molecule has 0 bridgehead atoms. The number of amides is 1. The van der Waals surface area contributed by atoms with Gasteiger partial charge in [-0.1, -0.05) is 0 Å². The molecule has 1 aliphatic heterocycles. The smallest absolute Gasteiger partial charge is 0.230 e. The number of aryl methyl sites for hydroxylation is 1. The second kappa shape index (κ2) is 4.61. The molecule has 0 aliphatic carbocycles. The zero-order valence-electron chi connectivity index (χ0n) is 9.64. The molecule has 0 unspecified atom stereocenters. The molecule has 2 rings (SSSR count). The number of hydrogen-bond donors (Lipinski definition) is 0. The van der Waals surface area contributed by atoms with Gasteiger partial charge < -0.3 is 9.32 Å². The number of piperazine rings is 1. The van der Waals surface area contributed by atoms with Crippen LogP contribution in [0.25, 0.3) is 0 Å². The lowest BCUT2D eigenvalue weighted by Gasteiger charge is -2.33. The van der Waals surface area contributed by atoms with Crippen molar-refractivity contribution in [3.63, 3.8) is 0 Å². The van der Waals surface area contributed by atoms with Crippen LogP contribution in [0, 0.1) is 6.92 Å². The summed E-state index contributed by atoms with van der Waals surface area (Å²) >= 11 is 0. The van der Waals surface area contributed by atoms with Crippen molar-refractivity contribution in [2.24, 2.45) is 0 Å². The van der Waals surface area contributed by atoms with Crippen molar-refractivity contribution in [2.75, 3.05) is 26.2 Å². The average Bonchev–Trinajstić information content (AvgIpc) is 2.65. The van der Waals surface area contributed by atoms with Crippen LogP contribution in [-0.2, 0) is 11.3 Å². The van der Waals surface area contributed by atoms with E-state index in [9.17, 15) is 4.79 Å². The highest BCUT2D eigenvalue weighted by atomic mass is 16.4. The van der Waals surface area contributed by atoms with Crippen molar-refractivity contribution in [1.29, 1.82) is 0 Å². The number of carbonyl (C=O) groups excluding carboxylic acids is 1. The molecule has 1 saturated heterocycles. The Kier molecular flexibility index (Phi) is 3.19. The van der Waals surface area contributed by atoms with E-state index in [0.29, 0.717) is 18.3 Å². The molecule has 1 aromatic heterocycles.